The Morgan fingerprint density at radius 3 is 2.15 bits per heavy atom. The lowest BCUT2D eigenvalue weighted by Gasteiger charge is -2.30. The number of nitrogens with zero attached hydrogens (tertiary/aromatic N) is 5. The quantitative estimate of drug-likeness (QED) is 0.260. The zero-order chi connectivity index (χ0) is 23.2. The lowest BCUT2D eigenvalue weighted by atomic mass is 10.1. The second-order valence-corrected chi connectivity index (χ2v) is 8.58. The normalized spacial score (nSPS) is 12.4. The number of rotatable bonds is 10. The average molecular weight is 452 g/mol. The van der Waals surface area contributed by atoms with Crippen LogP contribution in [-0.2, 0) is 19.6 Å². The number of aryl methyl sites for hydroxylation is 1. The first-order valence-electron chi connectivity index (χ1n) is 11.9. The van der Waals surface area contributed by atoms with Gasteiger partial charge in [-0.15, -0.1) is 5.10 Å². The van der Waals surface area contributed by atoms with Crippen LogP contribution < -0.4 is 0 Å². The van der Waals surface area contributed by atoms with Crippen molar-refractivity contribution < 1.29 is 4.42 Å². The molecule has 0 bridgehead atoms. The van der Waals surface area contributed by atoms with E-state index in [1.807, 2.05) is 35.0 Å². The van der Waals surface area contributed by atoms with E-state index in [1.165, 1.54) is 11.1 Å². The maximum atomic E-state index is 6.42. The molecule has 2 heterocycles. The summed E-state index contributed by atoms with van der Waals surface area (Å²) in [6.07, 6.45) is 2.09. The van der Waals surface area contributed by atoms with Crippen LogP contribution in [0.15, 0.2) is 95.4 Å². The standard InChI is InChI=1S/C28H29N5O/c1-2-3-18-33-28(29-30-31-33)27(26-19-24-16-10-11-17-25(24)34-26)32(20-22-12-6-4-7-13-22)21-23-14-8-5-9-15-23/h4-17,19,27H,2-3,18,20-21H2,1H3. The SMILES string of the molecule is CCCCn1nnnc1C(c1cc2ccccc2o1)N(Cc1ccccc1)Cc1ccccc1. The Morgan fingerprint density at radius 1 is 0.853 bits per heavy atom. The molecular weight excluding hydrogens is 422 g/mol. The number of hydrogen-bond acceptors (Lipinski definition) is 5. The topological polar surface area (TPSA) is 60.0 Å². The van der Waals surface area contributed by atoms with Crippen molar-refractivity contribution in [2.75, 3.05) is 0 Å². The van der Waals surface area contributed by atoms with Gasteiger partial charge in [-0.25, -0.2) is 4.68 Å². The van der Waals surface area contributed by atoms with E-state index in [2.05, 4.69) is 88.0 Å². The summed E-state index contributed by atoms with van der Waals surface area (Å²) in [6.45, 7) is 4.42. The highest BCUT2D eigenvalue weighted by Crippen LogP contribution is 2.34. The molecule has 1 atom stereocenters. The Labute approximate surface area is 199 Å². The van der Waals surface area contributed by atoms with Gasteiger partial charge in [0.2, 0.25) is 0 Å². The van der Waals surface area contributed by atoms with Gasteiger partial charge in [0.25, 0.3) is 0 Å². The number of tetrazole rings is 1. The fourth-order valence-electron chi connectivity index (χ4n) is 4.36. The minimum Gasteiger partial charge on any atom is -0.459 e. The van der Waals surface area contributed by atoms with Crippen LogP contribution in [0.3, 0.4) is 0 Å². The maximum Gasteiger partial charge on any atom is 0.176 e. The van der Waals surface area contributed by atoms with Gasteiger partial charge >= 0.3 is 0 Å². The van der Waals surface area contributed by atoms with Crippen molar-refractivity contribution in [1.82, 2.24) is 25.1 Å². The van der Waals surface area contributed by atoms with Crippen molar-refractivity contribution in [1.29, 1.82) is 0 Å². The molecule has 172 valence electrons. The van der Waals surface area contributed by atoms with Gasteiger partial charge in [-0.2, -0.15) is 0 Å². The predicted molar refractivity (Wildman–Crippen MR) is 133 cm³/mol. The Hall–Kier alpha value is -3.77. The average Bonchev–Trinajstić information content (AvgIpc) is 3.51. The van der Waals surface area contributed by atoms with E-state index >= 15 is 0 Å². The molecule has 0 N–H and O–H groups in total. The van der Waals surface area contributed by atoms with Gasteiger partial charge in [0.15, 0.2) is 5.82 Å². The van der Waals surface area contributed by atoms with Crippen molar-refractivity contribution in [3.05, 3.63) is 114 Å². The van der Waals surface area contributed by atoms with Crippen LogP contribution in [0.5, 0.6) is 0 Å². The van der Waals surface area contributed by atoms with Gasteiger partial charge in [-0.05, 0) is 40.1 Å². The van der Waals surface area contributed by atoms with E-state index in [9.17, 15) is 0 Å². The highest BCUT2D eigenvalue weighted by molar-refractivity contribution is 5.77. The molecule has 2 aromatic heterocycles. The van der Waals surface area contributed by atoms with Gasteiger partial charge < -0.3 is 4.42 Å². The third-order valence-electron chi connectivity index (χ3n) is 6.06. The third kappa shape index (κ3) is 4.92. The molecule has 0 radical (unpaired) electrons. The van der Waals surface area contributed by atoms with Crippen molar-refractivity contribution in [2.24, 2.45) is 0 Å². The number of para-hydroxylation sites is 1. The smallest absolute Gasteiger partial charge is 0.176 e. The highest BCUT2D eigenvalue weighted by atomic mass is 16.3. The minimum atomic E-state index is -0.236. The van der Waals surface area contributed by atoms with Gasteiger partial charge in [0.1, 0.15) is 17.4 Å². The molecule has 3 aromatic carbocycles. The Morgan fingerprint density at radius 2 is 1.50 bits per heavy atom. The van der Waals surface area contributed by atoms with Crippen LogP contribution in [0.1, 0.15) is 48.5 Å². The van der Waals surface area contributed by atoms with E-state index in [-0.39, 0.29) is 6.04 Å². The molecule has 34 heavy (non-hydrogen) atoms. The summed E-state index contributed by atoms with van der Waals surface area (Å²) in [6, 6.07) is 31.1. The third-order valence-corrected chi connectivity index (χ3v) is 6.06. The van der Waals surface area contributed by atoms with Crippen molar-refractivity contribution in [3.8, 4) is 0 Å². The fourth-order valence-corrected chi connectivity index (χ4v) is 4.36. The Kier molecular flexibility index (Phi) is 6.77. The van der Waals surface area contributed by atoms with Crippen LogP contribution in [0.4, 0.5) is 0 Å². The molecule has 0 saturated heterocycles. The minimum absolute atomic E-state index is 0.236. The van der Waals surface area contributed by atoms with E-state index < -0.39 is 0 Å². The van der Waals surface area contributed by atoms with Gasteiger partial charge in [0, 0.05) is 25.0 Å². The monoisotopic (exact) mass is 451 g/mol. The number of furan rings is 1. The van der Waals surface area contributed by atoms with Gasteiger partial charge in [0.05, 0.1) is 0 Å². The zero-order valence-corrected chi connectivity index (χ0v) is 19.4. The second-order valence-electron chi connectivity index (χ2n) is 8.58. The van der Waals surface area contributed by atoms with E-state index in [0.717, 1.165) is 55.0 Å². The first-order valence-corrected chi connectivity index (χ1v) is 11.9. The molecule has 0 aliphatic carbocycles. The fraction of sp³-hybridized carbons (Fsp3) is 0.250. The molecule has 1 unspecified atom stereocenters. The van der Waals surface area contributed by atoms with E-state index in [1.54, 1.807) is 0 Å². The molecule has 0 aliphatic rings. The summed E-state index contributed by atoms with van der Waals surface area (Å²) < 4.78 is 8.35. The van der Waals surface area contributed by atoms with Crippen LogP contribution in [0, 0.1) is 0 Å². The number of aromatic nitrogens is 4. The number of benzene rings is 3. The maximum absolute atomic E-state index is 6.42. The summed E-state index contributed by atoms with van der Waals surface area (Å²) in [5.41, 5.74) is 3.33. The predicted octanol–water partition coefficient (Wildman–Crippen LogP) is 6.01. The molecule has 0 aliphatic heterocycles. The van der Waals surface area contributed by atoms with Crippen LogP contribution in [0.2, 0.25) is 0 Å². The molecule has 6 heteroatoms. The summed E-state index contributed by atoms with van der Waals surface area (Å²) in [5, 5.41) is 14.0. The first-order chi connectivity index (χ1) is 16.8. The molecule has 0 fully saturated rings. The molecule has 6 nitrogen and oxygen atoms in total. The lowest BCUT2D eigenvalue weighted by molar-refractivity contribution is 0.175. The van der Waals surface area contributed by atoms with E-state index in [4.69, 9.17) is 4.42 Å². The van der Waals surface area contributed by atoms with Crippen LogP contribution in [-0.4, -0.2) is 25.1 Å². The number of hydrogen-bond donors (Lipinski definition) is 0. The molecule has 0 spiro atoms. The van der Waals surface area contributed by atoms with Gasteiger partial charge in [-0.1, -0.05) is 92.2 Å². The number of fused-ring (bicyclic) bond motifs is 1. The zero-order valence-electron chi connectivity index (χ0n) is 19.4. The van der Waals surface area contributed by atoms with Crippen molar-refractivity contribution >= 4 is 11.0 Å². The van der Waals surface area contributed by atoms with Crippen LogP contribution >= 0.6 is 0 Å². The molecule has 5 aromatic rings. The van der Waals surface area contributed by atoms with Crippen LogP contribution in [0.25, 0.3) is 11.0 Å². The van der Waals surface area contributed by atoms with Gasteiger partial charge in [-0.3, -0.25) is 4.90 Å². The number of unbranched alkanes of at least 4 members (excludes halogenated alkanes) is 1. The summed E-state index contributed by atoms with van der Waals surface area (Å²) in [7, 11) is 0. The largest absolute Gasteiger partial charge is 0.459 e. The highest BCUT2D eigenvalue weighted by Gasteiger charge is 2.31. The lowest BCUT2D eigenvalue weighted by Crippen LogP contribution is -2.31. The molecule has 0 amide bonds. The van der Waals surface area contributed by atoms with Crippen molar-refractivity contribution in [3.63, 3.8) is 0 Å². The van der Waals surface area contributed by atoms with E-state index in [0.29, 0.717) is 0 Å². The van der Waals surface area contributed by atoms with Crippen molar-refractivity contribution in [2.45, 2.75) is 45.4 Å². The Balaban J connectivity index is 1.62. The summed E-state index contributed by atoms with van der Waals surface area (Å²) in [4.78, 5) is 2.40. The second kappa shape index (κ2) is 10.4. The first kappa shape index (κ1) is 22.0. The molecule has 0 saturated carbocycles. The Bertz CT molecular complexity index is 1240. The summed E-state index contributed by atoms with van der Waals surface area (Å²) >= 11 is 0. The molecular formula is C28H29N5O. The summed E-state index contributed by atoms with van der Waals surface area (Å²) in [5.74, 6) is 1.65. The molecule has 5 rings (SSSR count).